The van der Waals surface area contributed by atoms with Crippen LogP contribution >= 0.6 is 0 Å². The molecule has 1 amide bonds. The number of hydrogen-bond donors (Lipinski definition) is 1. The maximum atomic E-state index is 10.9. The Labute approximate surface area is 150 Å². The van der Waals surface area contributed by atoms with E-state index in [1.54, 1.807) is 0 Å². The van der Waals surface area contributed by atoms with E-state index < -0.39 is 5.41 Å². The molecular formula is C20H28N2O3. The lowest BCUT2D eigenvalue weighted by molar-refractivity contribution is -0.295. The predicted molar refractivity (Wildman–Crippen MR) is 97.7 cm³/mol. The van der Waals surface area contributed by atoms with E-state index in [2.05, 4.69) is 56.1 Å². The maximum absolute atomic E-state index is 10.9. The molecule has 0 heterocycles. The Bertz CT molecular complexity index is 592. The Hall–Kier alpha value is -2.16. The van der Waals surface area contributed by atoms with Crippen LogP contribution < -0.4 is 5.32 Å². The summed E-state index contributed by atoms with van der Waals surface area (Å²) in [6, 6.07) is 10.8. The summed E-state index contributed by atoms with van der Waals surface area (Å²) in [5.74, 6) is 0.0473. The van der Waals surface area contributed by atoms with Gasteiger partial charge in [-0.3, -0.25) is 4.79 Å². The quantitative estimate of drug-likeness (QED) is 0.288. The largest absolute Gasteiger partial charge is 0.350 e. The first kappa shape index (κ1) is 20.9. The fourth-order valence-electron chi connectivity index (χ4n) is 2.57. The van der Waals surface area contributed by atoms with Crippen molar-refractivity contribution in [3.63, 3.8) is 0 Å². The van der Waals surface area contributed by atoms with Gasteiger partial charge in [-0.2, -0.15) is 5.26 Å². The Morgan fingerprint density at radius 1 is 1.36 bits per heavy atom. The number of aryl methyl sites for hydroxylation is 1. The Morgan fingerprint density at radius 3 is 2.60 bits per heavy atom. The van der Waals surface area contributed by atoms with Gasteiger partial charge >= 0.3 is 0 Å². The van der Waals surface area contributed by atoms with E-state index in [1.165, 1.54) is 17.2 Å². The highest BCUT2D eigenvalue weighted by molar-refractivity contribution is 5.86. The lowest BCUT2D eigenvalue weighted by Crippen LogP contribution is -2.25. The van der Waals surface area contributed by atoms with E-state index >= 15 is 0 Å². The average molecular weight is 344 g/mol. The molecule has 0 aliphatic heterocycles. The number of benzene rings is 1. The van der Waals surface area contributed by atoms with Crippen LogP contribution in [0, 0.1) is 23.7 Å². The zero-order valence-corrected chi connectivity index (χ0v) is 15.4. The van der Waals surface area contributed by atoms with Crippen LogP contribution in [-0.4, -0.2) is 25.7 Å². The summed E-state index contributed by atoms with van der Waals surface area (Å²) in [5.41, 5.74) is 1.99. The van der Waals surface area contributed by atoms with Crippen LogP contribution in [0.3, 0.4) is 0 Å². The van der Waals surface area contributed by atoms with Crippen molar-refractivity contribution in [1.82, 2.24) is 5.32 Å². The number of nitrogens with one attached hydrogen (secondary N) is 1. The van der Waals surface area contributed by atoms with Gasteiger partial charge in [0.05, 0.1) is 24.7 Å². The van der Waals surface area contributed by atoms with E-state index in [0.29, 0.717) is 25.5 Å². The predicted octanol–water partition coefficient (Wildman–Crippen LogP) is 3.66. The zero-order chi connectivity index (χ0) is 18.7. The summed E-state index contributed by atoms with van der Waals surface area (Å²) in [6.07, 6.45) is 2.54. The second kappa shape index (κ2) is 10.7. The van der Waals surface area contributed by atoms with Gasteiger partial charge in [0, 0.05) is 6.54 Å². The van der Waals surface area contributed by atoms with Crippen LogP contribution in [0.25, 0.3) is 0 Å². The molecular weight excluding hydrogens is 316 g/mol. The molecule has 0 saturated carbocycles. The molecule has 0 saturated heterocycles. The van der Waals surface area contributed by atoms with Crippen molar-refractivity contribution >= 4 is 5.91 Å². The molecule has 136 valence electrons. The Balaban J connectivity index is 2.33. The van der Waals surface area contributed by atoms with Crippen molar-refractivity contribution in [2.24, 2.45) is 5.41 Å². The van der Waals surface area contributed by atoms with E-state index in [1.807, 2.05) is 6.92 Å². The minimum atomic E-state index is -0.481. The third-order valence-electron chi connectivity index (χ3n) is 4.16. The molecule has 1 aromatic carbocycles. The van der Waals surface area contributed by atoms with Crippen LogP contribution in [0.15, 0.2) is 36.9 Å². The van der Waals surface area contributed by atoms with E-state index in [0.717, 1.165) is 6.42 Å². The molecule has 2 atom stereocenters. The smallest absolute Gasteiger partial charge is 0.243 e. The number of amides is 1. The number of rotatable bonds is 11. The van der Waals surface area contributed by atoms with Crippen molar-refractivity contribution in [2.75, 3.05) is 19.8 Å². The summed E-state index contributed by atoms with van der Waals surface area (Å²) in [6.45, 7) is 10.5. The van der Waals surface area contributed by atoms with E-state index in [4.69, 9.17) is 9.78 Å². The normalized spacial score (nSPS) is 14.2. The summed E-state index contributed by atoms with van der Waals surface area (Å²) < 4.78 is 0. The van der Waals surface area contributed by atoms with Gasteiger partial charge in [-0.15, -0.1) is 0 Å². The molecule has 0 radical (unpaired) electrons. The first-order valence-corrected chi connectivity index (χ1v) is 8.52. The third-order valence-corrected chi connectivity index (χ3v) is 4.16. The molecule has 0 aromatic heterocycles. The fourth-order valence-corrected chi connectivity index (χ4v) is 2.57. The molecule has 5 nitrogen and oxygen atoms in total. The summed E-state index contributed by atoms with van der Waals surface area (Å²) in [5, 5.41) is 12.1. The fraction of sp³-hybridized carbons (Fsp3) is 0.500. The van der Waals surface area contributed by atoms with Gasteiger partial charge in [-0.1, -0.05) is 43.3 Å². The molecule has 2 unspecified atom stereocenters. The van der Waals surface area contributed by atoms with Crippen LogP contribution in [0.4, 0.5) is 0 Å². The van der Waals surface area contributed by atoms with Gasteiger partial charge in [0.1, 0.15) is 0 Å². The molecule has 0 aliphatic carbocycles. The van der Waals surface area contributed by atoms with Crippen molar-refractivity contribution in [3.8, 4) is 6.07 Å². The Kier molecular flexibility index (Phi) is 8.90. The van der Waals surface area contributed by atoms with Gasteiger partial charge < -0.3 is 5.32 Å². The molecule has 0 aliphatic rings. The highest BCUT2D eigenvalue weighted by Crippen LogP contribution is 2.34. The van der Waals surface area contributed by atoms with Gasteiger partial charge in [0.25, 0.3) is 0 Å². The number of hydrogen-bond acceptors (Lipinski definition) is 4. The van der Waals surface area contributed by atoms with Crippen molar-refractivity contribution < 1.29 is 14.6 Å². The highest BCUT2D eigenvalue weighted by Gasteiger charge is 2.27. The molecule has 1 N–H and O–H groups in total. The van der Waals surface area contributed by atoms with Crippen LogP contribution in [-0.2, 0) is 14.6 Å². The van der Waals surface area contributed by atoms with Crippen LogP contribution in [0.1, 0.15) is 43.7 Å². The lowest BCUT2D eigenvalue weighted by atomic mass is 9.78. The molecule has 0 spiro atoms. The van der Waals surface area contributed by atoms with Crippen molar-refractivity contribution in [2.45, 2.75) is 39.5 Å². The first-order valence-electron chi connectivity index (χ1n) is 8.52. The maximum Gasteiger partial charge on any atom is 0.243 e. The van der Waals surface area contributed by atoms with Gasteiger partial charge in [0.2, 0.25) is 5.91 Å². The third kappa shape index (κ3) is 7.97. The minimum Gasteiger partial charge on any atom is -0.350 e. The molecule has 1 rings (SSSR count). The number of carbonyl (C=O) groups excluding carboxylic acids is 1. The van der Waals surface area contributed by atoms with E-state index in [9.17, 15) is 10.1 Å². The Morgan fingerprint density at radius 2 is 2.00 bits per heavy atom. The second-order valence-corrected chi connectivity index (χ2v) is 6.58. The van der Waals surface area contributed by atoms with Gasteiger partial charge in [-0.25, -0.2) is 9.78 Å². The monoisotopic (exact) mass is 344 g/mol. The topological polar surface area (TPSA) is 71.3 Å². The average Bonchev–Trinajstić information content (AvgIpc) is 2.61. The summed E-state index contributed by atoms with van der Waals surface area (Å²) in [4.78, 5) is 21.1. The number of carbonyl (C=O) groups is 1. The van der Waals surface area contributed by atoms with E-state index in [-0.39, 0.29) is 12.5 Å². The molecule has 1 aromatic rings. The molecule has 0 bridgehead atoms. The van der Waals surface area contributed by atoms with Gasteiger partial charge in [-0.05, 0) is 44.2 Å². The number of nitrogens with zero attached hydrogens (tertiary/aromatic N) is 1. The van der Waals surface area contributed by atoms with Gasteiger partial charge in [0.15, 0.2) is 0 Å². The minimum absolute atomic E-state index is 0.245. The lowest BCUT2D eigenvalue weighted by Gasteiger charge is -2.25. The first-order chi connectivity index (χ1) is 11.9. The number of nitriles is 1. The molecule has 5 heteroatoms. The van der Waals surface area contributed by atoms with Crippen LogP contribution in [0.5, 0.6) is 0 Å². The van der Waals surface area contributed by atoms with Crippen molar-refractivity contribution in [1.29, 1.82) is 5.26 Å². The SMILES string of the molecule is C=CC(=O)NCCOOCCC(C)(C#N)CC(C)c1ccc(C)cc1. The molecule has 0 fully saturated rings. The zero-order valence-electron chi connectivity index (χ0n) is 15.4. The second-order valence-electron chi connectivity index (χ2n) is 6.58. The van der Waals surface area contributed by atoms with Crippen LogP contribution in [0.2, 0.25) is 0 Å². The summed E-state index contributed by atoms with van der Waals surface area (Å²) >= 11 is 0. The standard InChI is InChI=1S/C20H28N2O3/c1-5-19(23)22-11-13-25-24-12-10-20(4,15-21)14-17(3)18-8-6-16(2)7-9-18/h5-9,17H,1,10-14H2,2-4H3,(H,22,23). The highest BCUT2D eigenvalue weighted by atomic mass is 17.2. The molecule has 25 heavy (non-hydrogen) atoms. The summed E-state index contributed by atoms with van der Waals surface area (Å²) in [7, 11) is 0. The van der Waals surface area contributed by atoms with Crippen molar-refractivity contribution in [3.05, 3.63) is 48.0 Å².